The van der Waals surface area contributed by atoms with Gasteiger partial charge in [0.1, 0.15) is 12.7 Å². The van der Waals surface area contributed by atoms with Crippen LogP contribution in [0.2, 0.25) is 0 Å². The number of halogens is 3. The lowest BCUT2D eigenvalue weighted by Crippen LogP contribution is -2.48. The smallest absolute Gasteiger partial charge is 0.416 e. The Morgan fingerprint density at radius 1 is 1.20 bits per heavy atom. The Morgan fingerprint density at radius 2 is 2.00 bits per heavy atom. The van der Waals surface area contributed by atoms with Crippen molar-refractivity contribution in [3.05, 3.63) is 48.4 Å². The van der Waals surface area contributed by atoms with Gasteiger partial charge in [-0.25, -0.2) is 24.7 Å². The number of fused-ring (bicyclic) bond motifs is 4. The highest BCUT2D eigenvalue weighted by atomic mass is 19.4. The molecule has 6 rings (SSSR count). The van der Waals surface area contributed by atoms with Crippen molar-refractivity contribution in [2.24, 2.45) is 0 Å². The van der Waals surface area contributed by atoms with Gasteiger partial charge < -0.3 is 24.4 Å². The van der Waals surface area contributed by atoms with E-state index in [9.17, 15) is 18.0 Å². The van der Waals surface area contributed by atoms with Gasteiger partial charge >= 0.3 is 18.2 Å². The molecule has 0 radical (unpaired) electrons. The van der Waals surface area contributed by atoms with Crippen LogP contribution in [0.1, 0.15) is 25.8 Å². The summed E-state index contributed by atoms with van der Waals surface area (Å²) >= 11 is 0. The zero-order chi connectivity index (χ0) is 28.1. The molecule has 2 atom stereocenters. The fourth-order valence-electron chi connectivity index (χ4n) is 5.00. The number of nitrogens with one attached hydrogen (secondary N) is 1. The number of rotatable bonds is 5. The summed E-state index contributed by atoms with van der Waals surface area (Å²) in [6.07, 6.45) is 0.363. The molecular weight excluding hydrogens is 531 g/mol. The van der Waals surface area contributed by atoms with E-state index in [1.807, 2.05) is 13.8 Å². The number of carbonyl (C=O) groups excluding carboxylic acids is 1. The molecule has 0 spiro atoms. The number of aromatic nitrogens is 4. The van der Waals surface area contributed by atoms with Crippen molar-refractivity contribution in [3.63, 3.8) is 0 Å². The summed E-state index contributed by atoms with van der Waals surface area (Å²) in [4.78, 5) is 34.2. The molecule has 2 aromatic heterocycles. The molecule has 3 aromatic rings. The molecule has 1 unspecified atom stereocenters. The molecule has 0 saturated carbocycles. The summed E-state index contributed by atoms with van der Waals surface area (Å²) < 4.78 is 56.6. The first kappa shape index (κ1) is 26.2. The lowest BCUT2D eigenvalue weighted by molar-refractivity contribution is -0.141. The molecule has 5 heterocycles. The van der Waals surface area contributed by atoms with Crippen molar-refractivity contribution in [2.45, 2.75) is 44.4 Å². The number of hydrogen-bond acceptors (Lipinski definition) is 9. The van der Waals surface area contributed by atoms with Crippen molar-refractivity contribution >= 4 is 23.2 Å². The second-order valence-corrected chi connectivity index (χ2v) is 10.2. The number of alkyl halides is 3. The van der Waals surface area contributed by atoms with E-state index in [0.717, 1.165) is 12.1 Å². The Morgan fingerprint density at radius 3 is 2.73 bits per heavy atom. The Bertz CT molecular complexity index is 1420. The fraction of sp³-hybridized carbons (Fsp3) is 0.423. The number of carbonyl (C=O) groups is 1. The zero-order valence-electron chi connectivity index (χ0n) is 21.7. The van der Waals surface area contributed by atoms with Gasteiger partial charge in [-0.2, -0.15) is 13.2 Å². The Hall–Kier alpha value is -4.04. The summed E-state index contributed by atoms with van der Waals surface area (Å²) in [5.74, 6) is -0.239. The Balaban J connectivity index is 1.19. The maximum Gasteiger partial charge on any atom is 0.416 e. The average Bonchev–Trinajstić information content (AvgIpc) is 3.50. The minimum Gasteiger partial charge on any atom is -0.461 e. The number of anilines is 3. The Kier molecular flexibility index (Phi) is 6.45. The van der Waals surface area contributed by atoms with Crippen LogP contribution in [-0.2, 0) is 15.7 Å². The van der Waals surface area contributed by atoms with E-state index in [0.29, 0.717) is 43.3 Å². The molecule has 2 fully saturated rings. The third kappa shape index (κ3) is 5.23. The molecule has 0 aliphatic carbocycles. The number of benzene rings is 1. The third-order valence-corrected chi connectivity index (χ3v) is 6.86. The number of amides is 2. The first-order valence-electron chi connectivity index (χ1n) is 12.7. The number of nitrogens with zero attached hydrogens (tertiary/aromatic N) is 6. The molecule has 2 saturated heterocycles. The first-order valence-corrected chi connectivity index (χ1v) is 12.7. The summed E-state index contributed by atoms with van der Waals surface area (Å²) in [7, 11) is 0. The van der Waals surface area contributed by atoms with E-state index < -0.39 is 23.6 Å². The Labute approximate surface area is 227 Å². The summed E-state index contributed by atoms with van der Waals surface area (Å²) in [5, 5.41) is 2.79. The van der Waals surface area contributed by atoms with Crippen LogP contribution < -0.4 is 19.9 Å². The number of ether oxygens (including phenoxy) is 3. The van der Waals surface area contributed by atoms with Gasteiger partial charge in [0.25, 0.3) is 0 Å². The van der Waals surface area contributed by atoms with Gasteiger partial charge in [0.2, 0.25) is 0 Å². The van der Waals surface area contributed by atoms with Gasteiger partial charge in [-0.15, -0.1) is 0 Å². The van der Waals surface area contributed by atoms with Crippen LogP contribution in [0.4, 0.5) is 35.2 Å². The minimum absolute atomic E-state index is 0.0926. The summed E-state index contributed by atoms with van der Waals surface area (Å²) in [6.45, 7) is 5.56. The molecule has 210 valence electrons. The second-order valence-electron chi connectivity index (χ2n) is 10.2. The van der Waals surface area contributed by atoms with Gasteiger partial charge in [-0.3, -0.25) is 4.90 Å². The lowest BCUT2D eigenvalue weighted by atomic mass is 10.1. The standard InChI is InChI=1S/C26H26F3N7O4/c1-25(2)39-14-19(40-25)13-38-23-31-9-17(10-32-23)33-24(37)36-18-6-7-35(12-18)20-11-30-21(34-22(20)36)15-4-3-5-16(8-15)26(27,28)29/h3-5,8-11,18-19H,6-7,12-14H2,1-2H3,(H,33,37)/t18?,19-/m1/s1. The van der Waals surface area contributed by atoms with Crippen LogP contribution in [0, 0.1) is 0 Å². The molecular formula is C26H26F3N7O4. The third-order valence-electron chi connectivity index (χ3n) is 6.86. The quantitative estimate of drug-likeness (QED) is 0.495. The minimum atomic E-state index is -4.50. The molecule has 40 heavy (non-hydrogen) atoms. The number of urea groups is 1. The largest absolute Gasteiger partial charge is 0.461 e. The van der Waals surface area contributed by atoms with Crippen molar-refractivity contribution in [1.82, 2.24) is 19.9 Å². The van der Waals surface area contributed by atoms with Crippen molar-refractivity contribution in [2.75, 3.05) is 41.4 Å². The molecule has 2 bridgehead atoms. The molecule has 11 nitrogen and oxygen atoms in total. The van der Waals surface area contributed by atoms with E-state index in [2.05, 4.69) is 30.2 Å². The fourth-order valence-corrected chi connectivity index (χ4v) is 5.00. The molecule has 2 amide bonds. The molecule has 1 N–H and O–H groups in total. The highest BCUT2D eigenvalue weighted by molar-refractivity contribution is 6.04. The zero-order valence-corrected chi connectivity index (χ0v) is 21.7. The lowest BCUT2D eigenvalue weighted by Gasteiger charge is -2.35. The van der Waals surface area contributed by atoms with Gasteiger partial charge in [0.05, 0.1) is 48.2 Å². The predicted molar refractivity (Wildman–Crippen MR) is 137 cm³/mol. The van der Waals surface area contributed by atoms with Gasteiger partial charge in [0.15, 0.2) is 17.4 Å². The van der Waals surface area contributed by atoms with Crippen LogP contribution in [0.3, 0.4) is 0 Å². The summed E-state index contributed by atoms with van der Waals surface area (Å²) in [5.41, 5.74) is 0.382. The SMILES string of the molecule is CC1(C)OC[C@@H](COc2ncc(NC(=O)N3c4nc(-c5cccc(C(F)(F)F)c5)ncc4N4CCC3C4)cn2)O1. The molecule has 14 heteroatoms. The van der Waals surface area contributed by atoms with Gasteiger partial charge in [-0.1, -0.05) is 12.1 Å². The van der Waals surface area contributed by atoms with E-state index >= 15 is 0 Å². The summed E-state index contributed by atoms with van der Waals surface area (Å²) in [6, 6.07) is 4.30. The van der Waals surface area contributed by atoms with E-state index in [4.69, 9.17) is 14.2 Å². The topological polar surface area (TPSA) is 115 Å². The van der Waals surface area contributed by atoms with E-state index in [1.165, 1.54) is 29.4 Å². The van der Waals surface area contributed by atoms with Crippen LogP contribution in [0.25, 0.3) is 11.4 Å². The molecule has 3 aliphatic rings. The highest BCUT2D eigenvalue weighted by Gasteiger charge is 2.41. The van der Waals surface area contributed by atoms with Crippen molar-refractivity contribution in [3.8, 4) is 17.4 Å². The van der Waals surface area contributed by atoms with E-state index in [-0.39, 0.29) is 36.2 Å². The predicted octanol–water partition coefficient (Wildman–Crippen LogP) is 4.11. The molecule has 3 aliphatic heterocycles. The second kappa shape index (κ2) is 9.86. The maximum atomic E-state index is 13.5. The number of hydrogen-bond donors (Lipinski definition) is 1. The van der Waals surface area contributed by atoms with Crippen molar-refractivity contribution in [1.29, 1.82) is 0 Å². The van der Waals surface area contributed by atoms with Crippen LogP contribution in [0.5, 0.6) is 6.01 Å². The van der Waals surface area contributed by atoms with Gasteiger partial charge in [0, 0.05) is 18.7 Å². The highest BCUT2D eigenvalue weighted by Crippen LogP contribution is 2.40. The normalized spacial score (nSPS) is 21.3. The van der Waals surface area contributed by atoms with Gasteiger partial charge in [-0.05, 0) is 32.4 Å². The van der Waals surface area contributed by atoms with Crippen LogP contribution in [0.15, 0.2) is 42.9 Å². The first-order chi connectivity index (χ1) is 19.1. The monoisotopic (exact) mass is 557 g/mol. The van der Waals surface area contributed by atoms with Crippen LogP contribution in [-0.4, -0.2) is 70.2 Å². The van der Waals surface area contributed by atoms with Crippen molar-refractivity contribution < 1.29 is 32.2 Å². The molecule has 1 aromatic carbocycles. The van der Waals surface area contributed by atoms with Crippen LogP contribution >= 0.6 is 0 Å². The van der Waals surface area contributed by atoms with E-state index in [1.54, 1.807) is 6.20 Å². The average molecular weight is 558 g/mol. The maximum absolute atomic E-state index is 13.5.